The molecule has 2 aromatic rings. The van der Waals surface area contributed by atoms with Crippen LogP contribution in [-0.4, -0.2) is 60.5 Å². The molecular formula is C20H25ClN6OS. The molecule has 0 bridgehead atoms. The number of benzene rings is 1. The number of rotatable bonds is 5. The van der Waals surface area contributed by atoms with Crippen LogP contribution in [0, 0.1) is 0 Å². The highest BCUT2D eigenvalue weighted by Gasteiger charge is 2.20. The quantitative estimate of drug-likeness (QED) is 0.552. The summed E-state index contributed by atoms with van der Waals surface area (Å²) in [6, 6.07) is 12.3. The third-order valence-corrected chi connectivity index (χ3v) is 5.59. The van der Waals surface area contributed by atoms with Gasteiger partial charge >= 0.3 is 0 Å². The van der Waals surface area contributed by atoms with Crippen LogP contribution in [0.3, 0.4) is 0 Å². The molecule has 0 radical (unpaired) electrons. The molecule has 2 N–H and O–H groups in total. The third-order valence-electron chi connectivity index (χ3n) is 5.15. The fourth-order valence-corrected chi connectivity index (χ4v) is 3.97. The minimum absolute atomic E-state index is 0.214. The van der Waals surface area contributed by atoms with Gasteiger partial charge < -0.3 is 25.2 Å². The Labute approximate surface area is 181 Å². The second-order valence-electron chi connectivity index (χ2n) is 7.15. The number of piperazine rings is 1. The molecule has 0 unspecified atom stereocenters. The van der Waals surface area contributed by atoms with Crippen molar-refractivity contribution in [2.45, 2.75) is 18.9 Å². The molecule has 4 rings (SSSR count). The third kappa shape index (κ3) is 5.46. The highest BCUT2D eigenvalue weighted by molar-refractivity contribution is 7.80. The summed E-state index contributed by atoms with van der Waals surface area (Å²) in [5.74, 6) is 1.21. The summed E-state index contributed by atoms with van der Waals surface area (Å²) in [6.07, 6.45) is 2.37. The molecule has 1 aromatic carbocycles. The number of nitrogens with zero attached hydrogens (tertiary/aromatic N) is 4. The number of hydrogen-bond acceptors (Lipinski definition) is 6. The highest BCUT2D eigenvalue weighted by atomic mass is 35.5. The van der Waals surface area contributed by atoms with E-state index in [2.05, 4.69) is 54.7 Å². The van der Waals surface area contributed by atoms with Crippen LogP contribution in [0.5, 0.6) is 0 Å². The molecule has 0 amide bonds. The van der Waals surface area contributed by atoms with Crippen molar-refractivity contribution in [3.63, 3.8) is 0 Å². The molecule has 9 heteroatoms. The van der Waals surface area contributed by atoms with Gasteiger partial charge in [0, 0.05) is 51.1 Å². The number of hydrogen-bond donors (Lipinski definition) is 2. The van der Waals surface area contributed by atoms with E-state index >= 15 is 0 Å². The van der Waals surface area contributed by atoms with Crippen LogP contribution in [-0.2, 0) is 4.74 Å². The molecule has 2 fully saturated rings. The van der Waals surface area contributed by atoms with Gasteiger partial charge in [-0.15, -0.1) is 0 Å². The predicted molar refractivity (Wildman–Crippen MR) is 121 cm³/mol. The minimum Gasteiger partial charge on any atom is -0.376 e. The largest absolute Gasteiger partial charge is 0.376 e. The highest BCUT2D eigenvalue weighted by Crippen LogP contribution is 2.22. The van der Waals surface area contributed by atoms with Crippen molar-refractivity contribution in [2.75, 3.05) is 54.4 Å². The summed E-state index contributed by atoms with van der Waals surface area (Å²) < 4.78 is 5.60. The van der Waals surface area contributed by atoms with Crippen LogP contribution >= 0.6 is 23.8 Å². The molecule has 7 nitrogen and oxygen atoms in total. The van der Waals surface area contributed by atoms with E-state index in [0.29, 0.717) is 22.8 Å². The van der Waals surface area contributed by atoms with Gasteiger partial charge in [-0.1, -0.05) is 29.8 Å². The zero-order valence-corrected chi connectivity index (χ0v) is 17.8. The van der Waals surface area contributed by atoms with Crippen molar-refractivity contribution in [3.8, 4) is 0 Å². The maximum absolute atomic E-state index is 6.25. The van der Waals surface area contributed by atoms with Crippen molar-refractivity contribution < 1.29 is 4.74 Å². The topological polar surface area (TPSA) is 65.6 Å². The first kappa shape index (κ1) is 20.1. The number of nitrogens with one attached hydrogen (secondary N) is 2. The molecular weight excluding hydrogens is 408 g/mol. The fourth-order valence-electron chi connectivity index (χ4n) is 3.61. The smallest absolute Gasteiger partial charge is 0.232 e. The van der Waals surface area contributed by atoms with Crippen molar-refractivity contribution in [3.05, 3.63) is 41.6 Å². The summed E-state index contributed by atoms with van der Waals surface area (Å²) >= 11 is 11.6. The Balaban J connectivity index is 1.34. The lowest BCUT2D eigenvalue weighted by Crippen LogP contribution is -2.47. The second-order valence-corrected chi connectivity index (χ2v) is 7.95. The van der Waals surface area contributed by atoms with Crippen molar-refractivity contribution >= 4 is 46.4 Å². The first-order chi connectivity index (χ1) is 14.2. The van der Waals surface area contributed by atoms with E-state index in [1.54, 1.807) is 6.07 Å². The van der Waals surface area contributed by atoms with Gasteiger partial charge in [0.15, 0.2) is 5.11 Å². The predicted octanol–water partition coefficient (Wildman–Crippen LogP) is 2.92. The molecule has 2 saturated heterocycles. The van der Waals surface area contributed by atoms with Gasteiger partial charge in [0.2, 0.25) is 5.95 Å². The zero-order chi connectivity index (χ0) is 20.1. The van der Waals surface area contributed by atoms with Gasteiger partial charge in [-0.3, -0.25) is 0 Å². The van der Waals surface area contributed by atoms with Crippen LogP contribution in [0.4, 0.5) is 17.5 Å². The molecule has 29 heavy (non-hydrogen) atoms. The Morgan fingerprint density at radius 1 is 1.14 bits per heavy atom. The average Bonchev–Trinajstić information content (AvgIpc) is 3.26. The minimum atomic E-state index is 0.214. The van der Waals surface area contributed by atoms with Crippen LogP contribution in [0.1, 0.15) is 12.8 Å². The Morgan fingerprint density at radius 2 is 1.90 bits per heavy atom. The lowest BCUT2D eigenvalue weighted by molar-refractivity contribution is 0.114. The number of anilines is 3. The zero-order valence-electron chi connectivity index (χ0n) is 16.2. The Morgan fingerprint density at radius 3 is 2.62 bits per heavy atom. The Bertz CT molecular complexity index is 825. The van der Waals surface area contributed by atoms with E-state index in [-0.39, 0.29) is 6.10 Å². The lowest BCUT2D eigenvalue weighted by atomic mass is 10.2. The maximum atomic E-state index is 6.25. The SMILES string of the molecule is S=C(NC[C@@H]1CCCO1)Nc1nc(Cl)cc(N2CCN(c3ccccc3)CC2)n1. The van der Waals surface area contributed by atoms with Crippen LogP contribution in [0.15, 0.2) is 36.4 Å². The molecule has 0 spiro atoms. The van der Waals surface area contributed by atoms with Gasteiger partial charge in [-0.2, -0.15) is 4.98 Å². The summed E-state index contributed by atoms with van der Waals surface area (Å²) in [6.45, 7) is 5.09. The van der Waals surface area contributed by atoms with E-state index in [0.717, 1.165) is 51.4 Å². The van der Waals surface area contributed by atoms with Crippen LogP contribution in [0.25, 0.3) is 0 Å². The summed E-state index contributed by atoms with van der Waals surface area (Å²) in [5, 5.41) is 7.08. The molecule has 0 aliphatic carbocycles. The van der Waals surface area contributed by atoms with Crippen molar-refractivity contribution in [2.24, 2.45) is 0 Å². The van der Waals surface area contributed by atoms with E-state index in [1.807, 2.05) is 6.07 Å². The molecule has 2 aliphatic heterocycles. The molecule has 1 atom stereocenters. The Kier molecular flexibility index (Phi) is 6.63. The number of aromatic nitrogens is 2. The van der Waals surface area contributed by atoms with E-state index in [1.165, 1.54) is 5.69 Å². The van der Waals surface area contributed by atoms with Gasteiger partial charge in [0.1, 0.15) is 11.0 Å². The van der Waals surface area contributed by atoms with Crippen LogP contribution in [0.2, 0.25) is 5.15 Å². The van der Waals surface area contributed by atoms with Crippen LogP contribution < -0.4 is 20.4 Å². The van der Waals surface area contributed by atoms with Crippen molar-refractivity contribution in [1.29, 1.82) is 0 Å². The summed E-state index contributed by atoms with van der Waals surface area (Å²) in [4.78, 5) is 13.5. The average molecular weight is 433 g/mol. The number of para-hydroxylation sites is 1. The van der Waals surface area contributed by atoms with E-state index in [9.17, 15) is 0 Å². The normalized spacial score (nSPS) is 19.3. The molecule has 1 aromatic heterocycles. The molecule has 2 aliphatic rings. The first-order valence-electron chi connectivity index (χ1n) is 9.93. The van der Waals surface area contributed by atoms with E-state index < -0.39 is 0 Å². The second kappa shape index (κ2) is 9.56. The van der Waals surface area contributed by atoms with Gasteiger partial charge in [0.05, 0.1) is 6.10 Å². The monoisotopic (exact) mass is 432 g/mol. The molecule has 154 valence electrons. The van der Waals surface area contributed by atoms with Gasteiger partial charge in [0.25, 0.3) is 0 Å². The first-order valence-corrected chi connectivity index (χ1v) is 10.7. The summed E-state index contributed by atoms with van der Waals surface area (Å²) in [5.41, 5.74) is 1.25. The number of halogens is 1. The fraction of sp³-hybridized carbons (Fsp3) is 0.450. The summed E-state index contributed by atoms with van der Waals surface area (Å²) in [7, 11) is 0. The van der Waals surface area contributed by atoms with Crippen molar-refractivity contribution in [1.82, 2.24) is 15.3 Å². The number of thiocarbonyl (C=S) groups is 1. The molecule has 0 saturated carbocycles. The van der Waals surface area contributed by atoms with Gasteiger partial charge in [-0.25, -0.2) is 4.98 Å². The lowest BCUT2D eigenvalue weighted by Gasteiger charge is -2.36. The van der Waals surface area contributed by atoms with Gasteiger partial charge in [-0.05, 0) is 37.2 Å². The Hall–Kier alpha value is -2.16. The standard InChI is InChI=1S/C20H25ClN6OS/c21-17-13-18(27-10-8-26(9-11-27)15-5-2-1-3-6-15)24-19(23-17)25-20(29)22-14-16-7-4-12-28-16/h1-3,5-6,13,16H,4,7-12,14H2,(H2,22,23,24,25,29)/t16-/m0/s1. The van der Waals surface area contributed by atoms with E-state index in [4.69, 9.17) is 28.6 Å². The molecule has 3 heterocycles. The number of ether oxygens (including phenoxy) is 1. The maximum Gasteiger partial charge on any atom is 0.232 e.